The summed E-state index contributed by atoms with van der Waals surface area (Å²) in [5, 5.41) is 2.51. The third kappa shape index (κ3) is 2.49. The van der Waals surface area contributed by atoms with Crippen LogP contribution in [0.3, 0.4) is 0 Å². The van der Waals surface area contributed by atoms with Crippen molar-refractivity contribution in [1.29, 1.82) is 0 Å². The van der Waals surface area contributed by atoms with Crippen LogP contribution in [0.25, 0.3) is 10.8 Å². The highest BCUT2D eigenvalue weighted by atomic mass is 16.6. The number of nitrogens with zero attached hydrogens (tertiary/aromatic N) is 1. The molecule has 3 nitrogen and oxygen atoms in total. The van der Waals surface area contributed by atoms with Gasteiger partial charge in [-0.3, -0.25) is 10.4 Å². The molecule has 0 fully saturated rings. The normalized spacial score (nSPS) is 14.0. The molecule has 0 aromatic heterocycles. The predicted octanol–water partition coefficient (Wildman–Crippen LogP) is 2.71. The summed E-state index contributed by atoms with van der Waals surface area (Å²) < 4.78 is 5.58. The molecule has 0 atom stereocenters. The van der Waals surface area contributed by atoms with Gasteiger partial charge in [0.25, 0.3) is 0 Å². The summed E-state index contributed by atoms with van der Waals surface area (Å²) in [5.74, 6) is 0.866. The second-order valence-electron chi connectivity index (χ2n) is 5.37. The van der Waals surface area contributed by atoms with Crippen LogP contribution in [-0.4, -0.2) is 12.9 Å². The topological polar surface area (TPSA) is 33.6 Å². The first-order chi connectivity index (χ1) is 10.9. The molecule has 1 aliphatic heterocycles. The SMILES string of the molecule is c1ccc(B2N=C(Cc3cccc4ccccc34)NO2)cc1. The molecule has 0 amide bonds. The highest BCUT2D eigenvalue weighted by Gasteiger charge is 2.26. The van der Waals surface area contributed by atoms with E-state index in [1.54, 1.807) is 0 Å². The number of hydrogen-bond donors (Lipinski definition) is 1. The molecule has 1 aliphatic rings. The number of benzene rings is 3. The molecule has 0 saturated heterocycles. The summed E-state index contributed by atoms with van der Waals surface area (Å²) in [5.41, 5.74) is 5.28. The Balaban J connectivity index is 1.61. The molecule has 0 unspecified atom stereocenters. The summed E-state index contributed by atoms with van der Waals surface area (Å²) in [4.78, 5) is 4.64. The molecule has 4 rings (SSSR count). The van der Waals surface area contributed by atoms with Crippen LogP contribution in [0.5, 0.6) is 0 Å². The number of hydrogen-bond acceptors (Lipinski definition) is 3. The minimum atomic E-state index is -0.258. The summed E-state index contributed by atoms with van der Waals surface area (Å²) in [6, 6.07) is 24.8. The van der Waals surface area contributed by atoms with E-state index in [1.807, 2.05) is 30.3 Å². The van der Waals surface area contributed by atoms with Crippen molar-refractivity contribution in [2.75, 3.05) is 0 Å². The average Bonchev–Trinajstić information content (AvgIpc) is 3.05. The van der Waals surface area contributed by atoms with Gasteiger partial charge in [0.15, 0.2) is 0 Å². The Morgan fingerprint density at radius 1 is 0.864 bits per heavy atom. The third-order valence-corrected chi connectivity index (χ3v) is 3.88. The lowest BCUT2D eigenvalue weighted by molar-refractivity contribution is 0.282. The van der Waals surface area contributed by atoms with E-state index in [-0.39, 0.29) is 7.05 Å². The highest BCUT2D eigenvalue weighted by molar-refractivity contribution is 6.67. The van der Waals surface area contributed by atoms with E-state index in [0.29, 0.717) is 0 Å². The van der Waals surface area contributed by atoms with Crippen molar-refractivity contribution in [1.82, 2.24) is 5.48 Å². The van der Waals surface area contributed by atoms with Crippen LogP contribution < -0.4 is 10.9 Å². The first kappa shape index (κ1) is 13.1. The fraction of sp³-hybridized carbons (Fsp3) is 0.0556. The van der Waals surface area contributed by atoms with Gasteiger partial charge in [0.2, 0.25) is 0 Å². The second kappa shape index (κ2) is 5.66. The molecule has 3 aromatic carbocycles. The lowest BCUT2D eigenvalue weighted by Gasteiger charge is -2.06. The van der Waals surface area contributed by atoms with Gasteiger partial charge in [0, 0.05) is 6.42 Å². The summed E-state index contributed by atoms with van der Waals surface area (Å²) in [6.07, 6.45) is 0.741. The second-order valence-corrected chi connectivity index (χ2v) is 5.37. The van der Waals surface area contributed by atoms with Gasteiger partial charge >= 0.3 is 7.05 Å². The van der Waals surface area contributed by atoms with E-state index in [0.717, 1.165) is 17.7 Å². The number of amidine groups is 1. The Morgan fingerprint density at radius 2 is 1.64 bits per heavy atom. The van der Waals surface area contributed by atoms with Gasteiger partial charge in [-0.25, -0.2) is 0 Å². The number of fused-ring (bicyclic) bond motifs is 1. The van der Waals surface area contributed by atoms with Crippen LogP contribution in [-0.2, 0) is 11.2 Å². The standard InChI is InChI=1S/C18H15BN2O/c1-2-10-16(11-3-1)19-20-18(21-22-19)13-15-9-6-8-14-7-4-5-12-17(14)15/h1-12H,13H2,(H,20,21). The Morgan fingerprint density at radius 3 is 2.55 bits per heavy atom. The van der Waals surface area contributed by atoms with E-state index < -0.39 is 0 Å². The zero-order valence-corrected chi connectivity index (χ0v) is 12.1. The molecule has 0 saturated carbocycles. The van der Waals surface area contributed by atoms with Gasteiger partial charge in [-0.2, -0.15) is 0 Å². The molecule has 106 valence electrons. The summed E-state index contributed by atoms with van der Waals surface area (Å²) in [6.45, 7) is 0. The summed E-state index contributed by atoms with van der Waals surface area (Å²) >= 11 is 0. The lowest BCUT2D eigenvalue weighted by atomic mass is 9.75. The Kier molecular flexibility index (Phi) is 3.37. The van der Waals surface area contributed by atoms with Crippen molar-refractivity contribution < 1.29 is 4.76 Å². The van der Waals surface area contributed by atoms with Crippen LogP contribution in [0, 0.1) is 0 Å². The molecule has 0 spiro atoms. The van der Waals surface area contributed by atoms with Crippen molar-refractivity contribution in [2.45, 2.75) is 6.42 Å². The molecule has 3 aromatic rings. The van der Waals surface area contributed by atoms with Gasteiger partial charge in [-0.1, -0.05) is 72.8 Å². The highest BCUT2D eigenvalue weighted by Crippen LogP contribution is 2.19. The van der Waals surface area contributed by atoms with Gasteiger partial charge in [-0.05, 0) is 21.8 Å². The van der Waals surface area contributed by atoms with Crippen molar-refractivity contribution >= 4 is 29.1 Å². The Bertz CT molecular complexity index is 827. The quantitative estimate of drug-likeness (QED) is 0.751. The minimum absolute atomic E-state index is 0.258. The van der Waals surface area contributed by atoms with Gasteiger partial charge < -0.3 is 4.76 Å². The molecule has 0 aliphatic carbocycles. The Labute approximate surface area is 129 Å². The third-order valence-electron chi connectivity index (χ3n) is 3.88. The zero-order chi connectivity index (χ0) is 14.8. The van der Waals surface area contributed by atoms with Gasteiger partial charge in [-0.15, -0.1) is 0 Å². The van der Waals surface area contributed by atoms with Gasteiger partial charge in [0.05, 0.1) is 0 Å². The lowest BCUT2D eigenvalue weighted by Crippen LogP contribution is -2.31. The van der Waals surface area contributed by atoms with Crippen molar-refractivity contribution in [3.8, 4) is 0 Å². The van der Waals surface area contributed by atoms with Crippen molar-refractivity contribution in [2.24, 2.45) is 4.90 Å². The maximum absolute atomic E-state index is 5.58. The molecule has 1 N–H and O–H groups in total. The van der Waals surface area contributed by atoms with Crippen LogP contribution in [0.4, 0.5) is 0 Å². The van der Waals surface area contributed by atoms with Gasteiger partial charge in [0.1, 0.15) is 5.84 Å². The van der Waals surface area contributed by atoms with Crippen molar-refractivity contribution in [3.63, 3.8) is 0 Å². The maximum atomic E-state index is 5.58. The fourth-order valence-electron chi connectivity index (χ4n) is 2.79. The van der Waals surface area contributed by atoms with E-state index in [2.05, 4.69) is 52.8 Å². The first-order valence-corrected chi connectivity index (χ1v) is 7.40. The van der Waals surface area contributed by atoms with Crippen LogP contribution in [0.15, 0.2) is 77.7 Å². The zero-order valence-electron chi connectivity index (χ0n) is 12.1. The number of hydroxylamine groups is 1. The monoisotopic (exact) mass is 286 g/mol. The van der Waals surface area contributed by atoms with E-state index in [9.17, 15) is 0 Å². The number of rotatable bonds is 3. The maximum Gasteiger partial charge on any atom is 0.496 e. The molecular weight excluding hydrogens is 271 g/mol. The average molecular weight is 286 g/mol. The van der Waals surface area contributed by atoms with Crippen LogP contribution in [0.2, 0.25) is 0 Å². The van der Waals surface area contributed by atoms with E-state index in [1.165, 1.54) is 16.3 Å². The molecule has 0 radical (unpaired) electrons. The predicted molar refractivity (Wildman–Crippen MR) is 91.1 cm³/mol. The summed E-state index contributed by atoms with van der Waals surface area (Å²) in [7, 11) is -0.258. The largest absolute Gasteiger partial charge is 0.496 e. The van der Waals surface area contributed by atoms with E-state index in [4.69, 9.17) is 4.76 Å². The van der Waals surface area contributed by atoms with Crippen molar-refractivity contribution in [3.05, 3.63) is 78.4 Å². The van der Waals surface area contributed by atoms with Crippen LogP contribution >= 0.6 is 0 Å². The van der Waals surface area contributed by atoms with E-state index >= 15 is 0 Å². The minimum Gasteiger partial charge on any atom is -0.300 e. The molecule has 0 bridgehead atoms. The first-order valence-electron chi connectivity index (χ1n) is 7.40. The molecular formula is C18H15BN2O. The molecule has 4 heteroatoms. The molecule has 1 heterocycles. The Hall–Kier alpha value is -2.59. The fourth-order valence-corrected chi connectivity index (χ4v) is 2.79. The smallest absolute Gasteiger partial charge is 0.300 e. The van der Waals surface area contributed by atoms with Crippen LogP contribution in [0.1, 0.15) is 5.56 Å². The molecule has 22 heavy (non-hydrogen) atoms. The number of nitrogens with one attached hydrogen (secondary N) is 1.